The molecule has 0 fully saturated rings. The molecule has 0 unspecified atom stereocenters. The highest BCUT2D eigenvalue weighted by atomic mass is 32.2. The van der Waals surface area contributed by atoms with Crippen LogP contribution in [0.15, 0.2) is 42.5 Å². The zero-order chi connectivity index (χ0) is 18.7. The molecule has 1 N–H and O–H groups in total. The molecule has 2 aromatic carbocycles. The van der Waals surface area contributed by atoms with Crippen LogP contribution >= 0.6 is 0 Å². The molecule has 0 bridgehead atoms. The van der Waals surface area contributed by atoms with Crippen LogP contribution in [0, 0.1) is 6.92 Å². The molecule has 26 heavy (non-hydrogen) atoms. The molecule has 0 spiro atoms. The predicted octanol–water partition coefficient (Wildman–Crippen LogP) is 2.88. The highest BCUT2D eigenvalue weighted by Gasteiger charge is 2.23. The Kier molecular flexibility index (Phi) is 5.44. The summed E-state index contributed by atoms with van der Waals surface area (Å²) >= 11 is 0. The summed E-state index contributed by atoms with van der Waals surface area (Å²) in [5, 5.41) is 2.92. The molecule has 0 aliphatic carbocycles. The predicted molar refractivity (Wildman–Crippen MR) is 104 cm³/mol. The van der Waals surface area contributed by atoms with Crippen LogP contribution in [0.1, 0.15) is 28.7 Å². The molecule has 1 aliphatic heterocycles. The average Bonchev–Trinajstić information content (AvgIpc) is 2.59. The van der Waals surface area contributed by atoms with E-state index in [0.29, 0.717) is 38.0 Å². The highest BCUT2D eigenvalue weighted by Crippen LogP contribution is 2.24. The van der Waals surface area contributed by atoms with Crippen molar-refractivity contribution in [2.75, 3.05) is 18.1 Å². The van der Waals surface area contributed by atoms with Gasteiger partial charge in [0.2, 0.25) is 15.9 Å². The molecule has 0 radical (unpaired) electrons. The third-order valence-corrected chi connectivity index (χ3v) is 5.91. The fourth-order valence-corrected chi connectivity index (χ4v) is 4.04. The molecule has 0 saturated heterocycles. The van der Waals surface area contributed by atoms with Gasteiger partial charge in [-0.3, -0.25) is 4.79 Å². The van der Waals surface area contributed by atoms with Crippen LogP contribution in [0.4, 0.5) is 5.69 Å². The molecule has 6 heteroatoms. The molecular formula is C20H24N2O3S. The number of amides is 1. The summed E-state index contributed by atoms with van der Waals surface area (Å²) in [7, 11) is -3.20. The van der Waals surface area contributed by atoms with E-state index in [2.05, 4.69) is 11.4 Å². The number of fused-ring (bicyclic) bond motifs is 1. The third-order valence-electron chi connectivity index (χ3n) is 4.66. The molecule has 0 aromatic heterocycles. The lowest BCUT2D eigenvalue weighted by Crippen LogP contribution is -2.35. The van der Waals surface area contributed by atoms with E-state index in [0.717, 1.165) is 16.7 Å². The van der Waals surface area contributed by atoms with Crippen molar-refractivity contribution in [2.24, 2.45) is 0 Å². The van der Waals surface area contributed by atoms with Crippen LogP contribution in [-0.4, -0.2) is 31.4 Å². The fourth-order valence-electron chi connectivity index (χ4n) is 3.24. The van der Waals surface area contributed by atoms with Crippen molar-refractivity contribution in [1.29, 1.82) is 0 Å². The van der Waals surface area contributed by atoms with Gasteiger partial charge in [0, 0.05) is 25.2 Å². The van der Waals surface area contributed by atoms with Crippen LogP contribution in [0.3, 0.4) is 0 Å². The van der Waals surface area contributed by atoms with Gasteiger partial charge in [-0.1, -0.05) is 35.9 Å². The standard InChI is InChI=1S/C20H24N2O3S/c1-15-4-3-5-16(12-15)6-9-20(23)21-19-8-7-17-10-11-22(26(2,24)25)14-18(17)13-19/h3-5,7-8,12-13H,6,9-11,14H2,1-2H3,(H,21,23). The zero-order valence-corrected chi connectivity index (χ0v) is 16.0. The molecule has 2 aromatic rings. The molecule has 1 heterocycles. The quantitative estimate of drug-likeness (QED) is 0.878. The Morgan fingerprint density at radius 2 is 1.96 bits per heavy atom. The summed E-state index contributed by atoms with van der Waals surface area (Å²) in [4.78, 5) is 12.2. The van der Waals surface area contributed by atoms with E-state index in [1.54, 1.807) is 0 Å². The summed E-state index contributed by atoms with van der Waals surface area (Å²) in [5.74, 6) is -0.0396. The monoisotopic (exact) mass is 372 g/mol. The Morgan fingerprint density at radius 3 is 2.69 bits per heavy atom. The smallest absolute Gasteiger partial charge is 0.224 e. The first kappa shape index (κ1) is 18.6. The van der Waals surface area contributed by atoms with E-state index in [9.17, 15) is 13.2 Å². The van der Waals surface area contributed by atoms with Crippen molar-refractivity contribution in [3.63, 3.8) is 0 Å². The summed E-state index contributed by atoms with van der Waals surface area (Å²) in [6.45, 7) is 2.91. The Balaban J connectivity index is 1.63. The second-order valence-electron chi connectivity index (χ2n) is 6.87. The molecule has 1 amide bonds. The highest BCUT2D eigenvalue weighted by molar-refractivity contribution is 7.88. The number of nitrogens with zero attached hydrogens (tertiary/aromatic N) is 1. The summed E-state index contributed by atoms with van der Waals surface area (Å²) < 4.78 is 25.0. The number of benzene rings is 2. The molecular weight excluding hydrogens is 348 g/mol. The molecule has 1 aliphatic rings. The van der Waals surface area contributed by atoms with Gasteiger partial charge >= 0.3 is 0 Å². The van der Waals surface area contributed by atoms with Crippen LogP contribution in [0.5, 0.6) is 0 Å². The van der Waals surface area contributed by atoms with Gasteiger partial charge in [0.1, 0.15) is 0 Å². The first-order valence-corrected chi connectivity index (χ1v) is 10.6. The van der Waals surface area contributed by atoms with Crippen LogP contribution < -0.4 is 5.32 Å². The zero-order valence-electron chi connectivity index (χ0n) is 15.2. The number of rotatable bonds is 5. The van der Waals surface area contributed by atoms with Gasteiger partial charge in [-0.2, -0.15) is 4.31 Å². The SMILES string of the molecule is Cc1cccc(CCC(=O)Nc2ccc3c(c2)CN(S(C)(=O)=O)CC3)c1. The Labute approximate surface area is 155 Å². The number of hydrogen-bond acceptors (Lipinski definition) is 3. The topological polar surface area (TPSA) is 66.5 Å². The Hall–Kier alpha value is -2.18. The third kappa shape index (κ3) is 4.71. The largest absolute Gasteiger partial charge is 0.326 e. The van der Waals surface area contributed by atoms with E-state index < -0.39 is 10.0 Å². The van der Waals surface area contributed by atoms with Gasteiger partial charge in [0.25, 0.3) is 0 Å². The van der Waals surface area contributed by atoms with Gasteiger partial charge in [-0.05, 0) is 48.6 Å². The summed E-state index contributed by atoms with van der Waals surface area (Å²) in [6, 6.07) is 13.9. The number of carbonyl (C=O) groups is 1. The van der Waals surface area contributed by atoms with Crippen molar-refractivity contribution in [3.05, 3.63) is 64.7 Å². The lowest BCUT2D eigenvalue weighted by molar-refractivity contribution is -0.116. The number of nitrogens with one attached hydrogen (secondary N) is 1. The first-order chi connectivity index (χ1) is 12.3. The minimum Gasteiger partial charge on any atom is -0.326 e. The minimum atomic E-state index is -3.20. The lowest BCUT2D eigenvalue weighted by Gasteiger charge is -2.27. The maximum atomic E-state index is 12.2. The molecule has 0 saturated carbocycles. The minimum absolute atomic E-state index is 0.0396. The van der Waals surface area contributed by atoms with E-state index in [4.69, 9.17) is 0 Å². The number of aryl methyl sites for hydroxylation is 2. The molecule has 5 nitrogen and oxygen atoms in total. The van der Waals surface area contributed by atoms with Gasteiger partial charge in [0.15, 0.2) is 0 Å². The number of carbonyl (C=O) groups excluding carboxylic acids is 1. The Bertz CT molecular complexity index is 922. The molecule has 0 atom stereocenters. The maximum absolute atomic E-state index is 12.2. The van der Waals surface area contributed by atoms with Crippen molar-refractivity contribution in [1.82, 2.24) is 4.31 Å². The normalized spacial score (nSPS) is 14.7. The van der Waals surface area contributed by atoms with E-state index in [1.165, 1.54) is 16.1 Å². The summed E-state index contributed by atoms with van der Waals surface area (Å²) in [6.07, 6.45) is 3.04. The summed E-state index contributed by atoms with van der Waals surface area (Å²) in [5.41, 5.74) is 5.15. The van der Waals surface area contributed by atoms with Crippen LogP contribution in [0.25, 0.3) is 0 Å². The van der Waals surface area contributed by atoms with Gasteiger partial charge in [-0.25, -0.2) is 8.42 Å². The number of anilines is 1. The van der Waals surface area contributed by atoms with Gasteiger partial charge < -0.3 is 5.32 Å². The Morgan fingerprint density at radius 1 is 1.15 bits per heavy atom. The van der Waals surface area contributed by atoms with Crippen molar-refractivity contribution < 1.29 is 13.2 Å². The van der Waals surface area contributed by atoms with E-state index in [-0.39, 0.29) is 5.91 Å². The number of sulfonamides is 1. The number of hydrogen-bond donors (Lipinski definition) is 1. The van der Waals surface area contributed by atoms with Crippen molar-refractivity contribution >= 4 is 21.6 Å². The van der Waals surface area contributed by atoms with Crippen molar-refractivity contribution in [2.45, 2.75) is 32.7 Å². The van der Waals surface area contributed by atoms with Gasteiger partial charge in [0.05, 0.1) is 6.26 Å². The molecule has 3 rings (SSSR count). The molecule has 138 valence electrons. The average molecular weight is 372 g/mol. The second kappa shape index (κ2) is 7.60. The van der Waals surface area contributed by atoms with Crippen LogP contribution in [0.2, 0.25) is 0 Å². The lowest BCUT2D eigenvalue weighted by atomic mass is 10.0. The van der Waals surface area contributed by atoms with Gasteiger partial charge in [-0.15, -0.1) is 0 Å². The first-order valence-electron chi connectivity index (χ1n) is 8.73. The maximum Gasteiger partial charge on any atom is 0.224 e. The van der Waals surface area contributed by atoms with Crippen LogP contribution in [-0.2, 0) is 34.2 Å². The second-order valence-corrected chi connectivity index (χ2v) is 8.85. The fraction of sp³-hybridized carbons (Fsp3) is 0.350. The van der Waals surface area contributed by atoms with E-state index in [1.807, 2.05) is 43.3 Å². The van der Waals surface area contributed by atoms with E-state index >= 15 is 0 Å². The van der Waals surface area contributed by atoms with Crippen molar-refractivity contribution in [3.8, 4) is 0 Å².